The second kappa shape index (κ2) is 9.59. The van der Waals surface area contributed by atoms with Gasteiger partial charge in [0, 0.05) is 11.5 Å². The minimum atomic E-state index is -1.36. The number of phenols is 1. The number of hydrogen-bond donors (Lipinski definition) is 1. The Balaban J connectivity index is 1.37. The van der Waals surface area contributed by atoms with Crippen LogP contribution in [-0.4, -0.2) is 28.7 Å². The number of nitrogens with zero attached hydrogens (tertiary/aromatic N) is 2. The van der Waals surface area contributed by atoms with Crippen LogP contribution in [0.3, 0.4) is 0 Å². The number of anilines is 2. The quantitative estimate of drug-likeness (QED) is 0.322. The largest absolute Gasteiger partial charge is 0.505 e. The standard InChI is InChI=1S/C35H29FN2O5/c1-3-19-12-14-21(15-13-19)37-31(40)23-17-16-22-25(28(23)33(37)42)18-26-32(41)38(20-8-5-4-6-9-20)34(43)35(26,2)29(22)24-10-7-11-27(36)30(24)39/h3-16,23,25-26,28-29,39H,1,17-18H2,2H3/t23-,25+,26-,28-,29+,35+/m0/s1. The molecule has 7 rings (SSSR count). The van der Waals surface area contributed by atoms with Crippen LogP contribution in [0.2, 0.25) is 0 Å². The van der Waals surface area contributed by atoms with E-state index in [0.29, 0.717) is 16.9 Å². The molecule has 0 unspecified atom stereocenters. The Hall–Kier alpha value is -4.85. The first-order valence-electron chi connectivity index (χ1n) is 14.4. The summed E-state index contributed by atoms with van der Waals surface area (Å²) in [7, 11) is 0. The molecule has 43 heavy (non-hydrogen) atoms. The number of hydrogen-bond acceptors (Lipinski definition) is 5. The number of halogens is 1. The number of fused-ring (bicyclic) bond motifs is 4. The van der Waals surface area contributed by atoms with Crippen LogP contribution in [0.5, 0.6) is 5.75 Å². The van der Waals surface area contributed by atoms with Gasteiger partial charge in [-0.15, -0.1) is 0 Å². The molecule has 2 heterocycles. The van der Waals surface area contributed by atoms with E-state index in [1.54, 1.807) is 73.7 Å². The van der Waals surface area contributed by atoms with Gasteiger partial charge in [0.1, 0.15) is 0 Å². The average Bonchev–Trinajstić information content (AvgIpc) is 3.39. The number of allylic oxidation sites excluding steroid dienone is 2. The van der Waals surface area contributed by atoms with Gasteiger partial charge in [0.2, 0.25) is 23.6 Å². The van der Waals surface area contributed by atoms with Gasteiger partial charge in [0.05, 0.1) is 34.5 Å². The van der Waals surface area contributed by atoms with Crippen molar-refractivity contribution in [2.45, 2.75) is 25.7 Å². The average molecular weight is 577 g/mol. The number of para-hydroxylation sites is 2. The number of rotatable bonds is 4. The zero-order chi connectivity index (χ0) is 30.2. The maximum absolute atomic E-state index is 14.8. The second-order valence-corrected chi connectivity index (χ2v) is 12.0. The van der Waals surface area contributed by atoms with Crippen molar-refractivity contribution in [3.8, 4) is 5.75 Å². The number of imide groups is 2. The molecule has 7 nitrogen and oxygen atoms in total. The SMILES string of the molecule is C=Cc1ccc(N2C(=O)[C@H]3[C@H](CC=C4[C@H]3C[C@H]3C(=O)N(c5ccccc5)C(=O)[C@@]3(C)[C@H]4c3cccc(F)c3O)C2=O)cc1. The predicted molar refractivity (Wildman–Crippen MR) is 158 cm³/mol. The van der Waals surface area contributed by atoms with Gasteiger partial charge < -0.3 is 5.11 Å². The van der Waals surface area contributed by atoms with E-state index < -0.39 is 58.4 Å². The molecular weight excluding hydrogens is 547 g/mol. The summed E-state index contributed by atoms with van der Waals surface area (Å²) >= 11 is 0. The van der Waals surface area contributed by atoms with Crippen LogP contribution in [-0.2, 0) is 19.2 Å². The third-order valence-electron chi connectivity index (χ3n) is 10.0. The van der Waals surface area contributed by atoms with Crippen molar-refractivity contribution in [3.63, 3.8) is 0 Å². The highest BCUT2D eigenvalue weighted by Crippen LogP contribution is 2.64. The van der Waals surface area contributed by atoms with Crippen LogP contribution in [0.25, 0.3) is 6.08 Å². The monoisotopic (exact) mass is 576 g/mol. The summed E-state index contributed by atoms with van der Waals surface area (Å²) in [6.07, 6.45) is 3.97. The lowest BCUT2D eigenvalue weighted by atomic mass is 9.51. The Morgan fingerprint density at radius 3 is 2.26 bits per heavy atom. The van der Waals surface area contributed by atoms with E-state index in [9.17, 15) is 28.7 Å². The topological polar surface area (TPSA) is 95.0 Å². The zero-order valence-corrected chi connectivity index (χ0v) is 23.4. The lowest BCUT2D eigenvalue weighted by Gasteiger charge is -2.49. The fraction of sp³-hybridized carbons (Fsp3) is 0.257. The molecule has 0 bridgehead atoms. The fourth-order valence-corrected chi connectivity index (χ4v) is 7.96. The summed E-state index contributed by atoms with van der Waals surface area (Å²) in [5.74, 6) is -6.66. The Morgan fingerprint density at radius 2 is 1.56 bits per heavy atom. The molecule has 4 amide bonds. The Kier molecular flexibility index (Phi) is 6.02. The van der Waals surface area contributed by atoms with Crippen LogP contribution in [0.15, 0.2) is 91.0 Å². The van der Waals surface area contributed by atoms with E-state index in [-0.39, 0.29) is 30.2 Å². The van der Waals surface area contributed by atoms with Gasteiger partial charge in [-0.05, 0) is 61.6 Å². The summed E-state index contributed by atoms with van der Waals surface area (Å²) in [6, 6.07) is 19.8. The number of phenolic OH excluding ortho intramolecular Hbond substituents is 1. The molecule has 3 aromatic carbocycles. The smallest absolute Gasteiger partial charge is 0.241 e. The number of amides is 4. The molecule has 3 aromatic rings. The molecule has 2 saturated heterocycles. The molecule has 216 valence electrons. The second-order valence-electron chi connectivity index (χ2n) is 12.0. The van der Waals surface area contributed by atoms with E-state index in [4.69, 9.17) is 0 Å². The van der Waals surface area contributed by atoms with Crippen LogP contribution in [0.1, 0.15) is 36.8 Å². The van der Waals surface area contributed by atoms with Gasteiger partial charge in [-0.2, -0.15) is 0 Å². The Labute approximate surface area is 247 Å². The number of benzene rings is 3. The third kappa shape index (κ3) is 3.65. The predicted octanol–water partition coefficient (Wildman–Crippen LogP) is 5.61. The van der Waals surface area contributed by atoms with Crippen molar-refractivity contribution >= 4 is 41.1 Å². The molecule has 0 aromatic heterocycles. The number of aromatic hydroxyl groups is 1. The van der Waals surface area contributed by atoms with Gasteiger partial charge >= 0.3 is 0 Å². The molecule has 1 N–H and O–H groups in total. The van der Waals surface area contributed by atoms with Gasteiger partial charge in [-0.25, -0.2) is 9.29 Å². The maximum atomic E-state index is 14.8. The zero-order valence-electron chi connectivity index (χ0n) is 23.4. The van der Waals surface area contributed by atoms with Crippen LogP contribution in [0.4, 0.5) is 15.8 Å². The normalized spacial score (nSPS) is 29.7. The van der Waals surface area contributed by atoms with Crippen molar-refractivity contribution in [2.24, 2.45) is 29.1 Å². The van der Waals surface area contributed by atoms with Crippen molar-refractivity contribution in [3.05, 3.63) is 108 Å². The highest BCUT2D eigenvalue weighted by Gasteiger charge is 2.68. The van der Waals surface area contributed by atoms with Crippen LogP contribution in [0, 0.1) is 34.9 Å². The highest BCUT2D eigenvalue weighted by atomic mass is 19.1. The summed E-state index contributed by atoms with van der Waals surface area (Å²) in [4.78, 5) is 58.7. The van der Waals surface area contributed by atoms with E-state index in [2.05, 4.69) is 6.58 Å². The summed E-state index contributed by atoms with van der Waals surface area (Å²) in [5, 5.41) is 11.0. The Bertz CT molecular complexity index is 1750. The minimum Gasteiger partial charge on any atom is -0.505 e. The molecule has 4 aliphatic rings. The van der Waals surface area contributed by atoms with Gasteiger partial charge in [-0.1, -0.05) is 66.8 Å². The highest BCUT2D eigenvalue weighted by molar-refractivity contribution is 6.25. The lowest BCUT2D eigenvalue weighted by Crippen LogP contribution is -2.49. The molecule has 6 atom stereocenters. The first-order valence-corrected chi connectivity index (χ1v) is 14.4. The van der Waals surface area contributed by atoms with Crippen molar-refractivity contribution < 1.29 is 28.7 Å². The molecular formula is C35H29FN2O5. The number of carbonyl (C=O) groups is 4. The van der Waals surface area contributed by atoms with Crippen LogP contribution < -0.4 is 9.80 Å². The molecule has 0 spiro atoms. The van der Waals surface area contributed by atoms with Crippen LogP contribution >= 0.6 is 0 Å². The molecule has 0 radical (unpaired) electrons. The van der Waals surface area contributed by atoms with Crippen molar-refractivity contribution in [1.82, 2.24) is 0 Å². The molecule has 8 heteroatoms. The molecule has 1 saturated carbocycles. The van der Waals surface area contributed by atoms with E-state index in [0.717, 1.165) is 11.6 Å². The van der Waals surface area contributed by atoms with Gasteiger partial charge in [0.25, 0.3) is 0 Å². The van der Waals surface area contributed by atoms with Crippen molar-refractivity contribution in [1.29, 1.82) is 0 Å². The van der Waals surface area contributed by atoms with Gasteiger partial charge in [-0.3, -0.25) is 24.1 Å². The first-order chi connectivity index (χ1) is 20.7. The van der Waals surface area contributed by atoms with E-state index in [1.165, 1.54) is 15.9 Å². The van der Waals surface area contributed by atoms with E-state index >= 15 is 0 Å². The molecule has 2 aliphatic heterocycles. The van der Waals surface area contributed by atoms with Gasteiger partial charge in [0.15, 0.2) is 11.6 Å². The minimum absolute atomic E-state index is 0.173. The third-order valence-corrected chi connectivity index (χ3v) is 10.0. The van der Waals surface area contributed by atoms with Crippen molar-refractivity contribution in [2.75, 3.05) is 9.80 Å². The van der Waals surface area contributed by atoms with E-state index in [1.807, 2.05) is 6.08 Å². The number of carbonyl (C=O) groups excluding carboxylic acids is 4. The summed E-state index contributed by atoms with van der Waals surface area (Å²) in [5.41, 5.74) is 1.24. The molecule has 2 aliphatic carbocycles. The maximum Gasteiger partial charge on any atom is 0.241 e. The molecule has 3 fully saturated rings. The first kappa shape index (κ1) is 27.0. The fourth-order valence-electron chi connectivity index (χ4n) is 7.96. The summed E-state index contributed by atoms with van der Waals surface area (Å²) in [6.45, 7) is 5.46. The Morgan fingerprint density at radius 1 is 0.860 bits per heavy atom. The lowest BCUT2D eigenvalue weighted by molar-refractivity contribution is -0.131. The summed E-state index contributed by atoms with van der Waals surface area (Å²) < 4.78 is 14.8.